The Morgan fingerprint density at radius 1 is 0.733 bits per heavy atom. The Kier molecular flexibility index (Phi) is 7.89. The minimum Gasteiger partial charge on any atom is -1.00 e. The number of aryl methyl sites for hydroxylation is 2. The van der Waals surface area contributed by atoms with Crippen molar-refractivity contribution in [1.82, 2.24) is 15.0 Å². The first-order valence-corrected chi connectivity index (χ1v) is 11.8. The van der Waals surface area contributed by atoms with Crippen molar-refractivity contribution in [3.8, 4) is 0 Å². The van der Waals surface area contributed by atoms with Crippen LogP contribution in [0.2, 0.25) is 0 Å². The van der Waals surface area contributed by atoms with Crippen molar-refractivity contribution < 1.29 is 21.4 Å². The molecule has 0 amide bonds. The number of benzene rings is 3. The maximum Gasteiger partial charge on any atom is 0.112 e. The van der Waals surface area contributed by atoms with Gasteiger partial charge in [0, 0.05) is 12.6 Å². The van der Waals surface area contributed by atoms with E-state index in [1.165, 1.54) is 15.9 Å². The van der Waals surface area contributed by atoms with Crippen molar-refractivity contribution >= 4 is 23.2 Å². The van der Waals surface area contributed by atoms with E-state index >= 15 is 0 Å². The largest absolute Gasteiger partial charge is 1.00 e. The van der Waals surface area contributed by atoms with E-state index in [0.29, 0.717) is 0 Å². The minimum atomic E-state index is -1.88. The Labute approximate surface area is 188 Å². The van der Waals surface area contributed by atoms with Gasteiger partial charge in [0.25, 0.3) is 0 Å². The molecule has 0 N–H and O–H groups in total. The first kappa shape index (κ1) is 22.3. The van der Waals surface area contributed by atoms with Gasteiger partial charge in [-0.2, -0.15) is 0 Å². The summed E-state index contributed by atoms with van der Waals surface area (Å²) >= 11 is 0. The Balaban J connectivity index is 0.00000256. The molecule has 0 radical (unpaired) electrons. The number of hydrogen-bond donors (Lipinski definition) is 0. The maximum atomic E-state index is 12.6. The predicted molar refractivity (Wildman–Crippen MR) is 120 cm³/mol. The van der Waals surface area contributed by atoms with Crippen molar-refractivity contribution in [1.29, 1.82) is 0 Å². The molecule has 0 unspecified atom stereocenters. The highest BCUT2D eigenvalue weighted by Crippen LogP contribution is 2.55. The third-order valence-corrected chi connectivity index (χ3v) is 9.63. The molecule has 154 valence electrons. The van der Waals surface area contributed by atoms with Gasteiger partial charge >= 0.3 is 0 Å². The second kappa shape index (κ2) is 10.6. The molecule has 0 saturated heterocycles. The molecule has 4 rings (SSSR count). The van der Waals surface area contributed by atoms with Gasteiger partial charge in [0.15, 0.2) is 0 Å². The molecule has 1 heterocycles. The fourth-order valence-corrected chi connectivity index (χ4v) is 8.09. The molecule has 30 heavy (non-hydrogen) atoms. The number of rotatable bonds is 8. The van der Waals surface area contributed by atoms with E-state index in [2.05, 4.69) is 101 Å². The van der Waals surface area contributed by atoms with Gasteiger partial charge in [-0.05, 0) is 36.4 Å². The summed E-state index contributed by atoms with van der Waals surface area (Å²) in [6, 6.07) is 32.4. The molecule has 0 atom stereocenters. The monoisotopic (exact) mass is 482 g/mol. The van der Waals surface area contributed by atoms with Gasteiger partial charge in [-0.15, -0.1) is 5.10 Å². The third-order valence-electron chi connectivity index (χ3n) is 5.19. The van der Waals surface area contributed by atoms with Gasteiger partial charge in [-0.3, -0.25) is 0 Å². The molecule has 3 aromatic carbocycles. The topological polar surface area (TPSA) is 30.7 Å². The van der Waals surface area contributed by atoms with Gasteiger partial charge in [-0.1, -0.05) is 59.8 Å². The summed E-state index contributed by atoms with van der Waals surface area (Å²) in [6.45, 7) is -0.179. The maximum absolute atomic E-state index is 12.6. The van der Waals surface area contributed by atoms with Crippen LogP contribution in [0.1, 0.15) is 5.69 Å². The van der Waals surface area contributed by atoms with Gasteiger partial charge < -0.3 is 17.0 Å². The van der Waals surface area contributed by atoms with E-state index in [1.807, 2.05) is 6.20 Å². The Bertz CT molecular complexity index is 929. The summed E-state index contributed by atoms with van der Waals surface area (Å²) in [5.74, 6) is 0. The molecule has 0 bridgehead atoms. The molecule has 3 nitrogen and oxygen atoms in total. The zero-order chi connectivity index (χ0) is 19.9. The van der Waals surface area contributed by atoms with Gasteiger partial charge in [0.1, 0.15) is 29.9 Å². The average molecular weight is 483 g/mol. The van der Waals surface area contributed by atoms with Gasteiger partial charge in [-0.25, -0.2) is 9.07 Å². The molecule has 0 aliphatic heterocycles. The van der Waals surface area contributed by atoms with Crippen molar-refractivity contribution in [2.45, 2.75) is 13.0 Å². The summed E-state index contributed by atoms with van der Waals surface area (Å²) < 4.78 is 14.2. The number of aromatic nitrogens is 3. The number of nitrogens with zero attached hydrogens (tertiary/aromatic N) is 3. The molecule has 0 spiro atoms. The van der Waals surface area contributed by atoms with Crippen LogP contribution < -0.4 is 32.9 Å². The average Bonchev–Trinajstić information content (AvgIpc) is 3.24. The smallest absolute Gasteiger partial charge is 0.112 e. The quantitative estimate of drug-likeness (QED) is 0.347. The van der Waals surface area contributed by atoms with E-state index in [0.717, 1.165) is 18.3 Å². The van der Waals surface area contributed by atoms with E-state index in [9.17, 15) is 4.39 Å². The lowest BCUT2D eigenvalue weighted by Gasteiger charge is -2.27. The molecule has 0 aliphatic carbocycles. The van der Waals surface area contributed by atoms with Crippen LogP contribution in [0.15, 0.2) is 97.2 Å². The molecule has 4 aromatic rings. The van der Waals surface area contributed by atoms with Crippen LogP contribution in [0.3, 0.4) is 0 Å². The lowest BCUT2D eigenvalue weighted by atomic mass is 10.3. The second-order valence-electron chi connectivity index (χ2n) is 6.95. The normalized spacial score (nSPS) is 11.1. The summed E-state index contributed by atoms with van der Waals surface area (Å²) in [5, 5.41) is 12.4. The zero-order valence-corrected chi connectivity index (χ0v) is 19.1. The van der Waals surface area contributed by atoms with Crippen LogP contribution in [-0.4, -0.2) is 27.8 Å². The Morgan fingerprint density at radius 2 is 1.20 bits per heavy atom. The first-order valence-electron chi connectivity index (χ1n) is 9.83. The lowest BCUT2D eigenvalue weighted by molar-refractivity contribution is -0.00000642. The highest BCUT2D eigenvalue weighted by molar-refractivity contribution is 7.95. The molecule has 0 aliphatic rings. The molecular weight excluding hydrogens is 459 g/mol. The van der Waals surface area contributed by atoms with Crippen molar-refractivity contribution in [2.24, 2.45) is 0 Å². The standard InChI is InChI=1S/C24H24FN3P.BrH/c25-17-18-28-20-21(26-27-28)16-19-29(22-10-4-1-5-11-22,23-12-6-2-7-13-23)24-14-8-3-9-15-24;/h1-15,20H,16-19H2;1H/q+1;/p-1/i25-1;. The molecule has 6 heteroatoms. The van der Waals surface area contributed by atoms with Crippen LogP contribution in [0, 0.1) is 0 Å². The fraction of sp³-hybridized carbons (Fsp3) is 0.167. The first-order chi connectivity index (χ1) is 14.3. The molecular formula is C24H24BrFN3P. The number of alkyl halides is 1. The fourth-order valence-electron chi connectivity index (χ4n) is 3.81. The van der Waals surface area contributed by atoms with Crippen molar-refractivity contribution in [3.63, 3.8) is 0 Å². The summed E-state index contributed by atoms with van der Waals surface area (Å²) in [5.41, 5.74) is 0.908. The Hall–Kier alpha value is -2.36. The highest BCUT2D eigenvalue weighted by atomic mass is 79.9. The van der Waals surface area contributed by atoms with E-state index in [-0.39, 0.29) is 23.5 Å². The van der Waals surface area contributed by atoms with Gasteiger partial charge in [0.05, 0.1) is 18.4 Å². The SMILES string of the molecule is [18F]CCn1cc(CC[P+](c2ccccc2)(c2ccccc2)c2ccccc2)nn1.[Br-]. The van der Waals surface area contributed by atoms with E-state index < -0.39 is 13.9 Å². The molecule has 1 aromatic heterocycles. The minimum absolute atomic E-state index is 0. The lowest BCUT2D eigenvalue weighted by Crippen LogP contribution is -3.00. The highest BCUT2D eigenvalue weighted by Gasteiger charge is 2.44. The van der Waals surface area contributed by atoms with Crippen LogP contribution in [0.25, 0.3) is 0 Å². The van der Waals surface area contributed by atoms with Gasteiger partial charge in [0.2, 0.25) is 0 Å². The van der Waals surface area contributed by atoms with Crippen molar-refractivity contribution in [2.75, 3.05) is 12.8 Å². The third kappa shape index (κ3) is 4.69. The van der Waals surface area contributed by atoms with Crippen LogP contribution in [-0.2, 0) is 13.0 Å². The van der Waals surface area contributed by atoms with Crippen molar-refractivity contribution in [3.05, 3.63) is 103 Å². The summed E-state index contributed by atoms with van der Waals surface area (Å²) in [4.78, 5) is 0. The van der Waals surface area contributed by atoms with Crippen LogP contribution in [0.4, 0.5) is 4.39 Å². The second-order valence-corrected chi connectivity index (χ2v) is 10.6. The zero-order valence-electron chi connectivity index (χ0n) is 16.6. The predicted octanol–water partition coefficient (Wildman–Crippen LogP) is 0.788. The molecule has 0 saturated carbocycles. The number of halogens is 2. The summed E-state index contributed by atoms with van der Waals surface area (Å²) in [7, 11) is -1.88. The van der Waals surface area contributed by atoms with Crippen LogP contribution >= 0.6 is 7.26 Å². The Morgan fingerprint density at radius 3 is 1.63 bits per heavy atom. The number of hydrogen-bond acceptors (Lipinski definition) is 2. The van der Waals surface area contributed by atoms with Crippen LogP contribution in [0.5, 0.6) is 0 Å². The van der Waals surface area contributed by atoms with E-state index in [4.69, 9.17) is 0 Å². The molecule has 0 fully saturated rings. The summed E-state index contributed by atoms with van der Waals surface area (Å²) in [6.07, 6.45) is 3.60. The van der Waals surface area contributed by atoms with E-state index in [1.54, 1.807) is 4.68 Å².